The molecule has 0 aliphatic heterocycles. The predicted molar refractivity (Wildman–Crippen MR) is 72.0 cm³/mol. The molecule has 0 saturated carbocycles. The van der Waals surface area contributed by atoms with Gasteiger partial charge in [0, 0.05) is 18.4 Å². The molecule has 1 aliphatic rings. The van der Waals surface area contributed by atoms with Crippen molar-refractivity contribution >= 4 is 11.5 Å². The Morgan fingerprint density at radius 1 is 1.16 bits per heavy atom. The molecule has 2 aromatic heterocycles. The van der Waals surface area contributed by atoms with Crippen molar-refractivity contribution in [2.75, 3.05) is 5.32 Å². The third-order valence-corrected chi connectivity index (χ3v) is 3.61. The van der Waals surface area contributed by atoms with E-state index in [1.807, 2.05) is 10.6 Å². The van der Waals surface area contributed by atoms with Gasteiger partial charge in [-0.15, -0.1) is 10.2 Å². The minimum absolute atomic E-state index is 0.382. The summed E-state index contributed by atoms with van der Waals surface area (Å²) in [6.07, 6.45) is 7.37. The van der Waals surface area contributed by atoms with Gasteiger partial charge < -0.3 is 5.32 Å². The third kappa shape index (κ3) is 1.74. The SMILES string of the molecule is c1ccc2c(c1)CC(Nc1nccn3cnnc13)C2. The van der Waals surface area contributed by atoms with Gasteiger partial charge in [0.15, 0.2) is 5.82 Å². The average Bonchev–Trinajstić information content (AvgIpc) is 3.04. The van der Waals surface area contributed by atoms with Crippen molar-refractivity contribution in [3.05, 3.63) is 54.1 Å². The molecule has 2 heterocycles. The molecule has 5 heteroatoms. The molecular weight excluding hydrogens is 238 g/mol. The number of fused-ring (bicyclic) bond motifs is 2. The Morgan fingerprint density at radius 3 is 2.74 bits per heavy atom. The summed E-state index contributed by atoms with van der Waals surface area (Å²) >= 11 is 0. The van der Waals surface area contributed by atoms with Crippen LogP contribution in [-0.2, 0) is 12.8 Å². The lowest BCUT2D eigenvalue weighted by molar-refractivity contribution is 0.768. The van der Waals surface area contributed by atoms with Crippen LogP contribution in [0.25, 0.3) is 5.65 Å². The van der Waals surface area contributed by atoms with E-state index in [9.17, 15) is 0 Å². The Bertz CT molecular complexity index is 708. The van der Waals surface area contributed by atoms with Crippen LogP contribution < -0.4 is 5.32 Å². The second-order valence-electron chi connectivity index (χ2n) is 4.86. The van der Waals surface area contributed by atoms with Crippen molar-refractivity contribution in [3.63, 3.8) is 0 Å². The summed E-state index contributed by atoms with van der Waals surface area (Å²) in [5.74, 6) is 0.804. The predicted octanol–water partition coefficient (Wildman–Crippen LogP) is 1.70. The van der Waals surface area contributed by atoms with Crippen LogP contribution in [0.1, 0.15) is 11.1 Å². The molecule has 0 saturated heterocycles. The second kappa shape index (κ2) is 4.05. The molecule has 19 heavy (non-hydrogen) atoms. The van der Waals surface area contributed by atoms with Crippen molar-refractivity contribution in [2.45, 2.75) is 18.9 Å². The number of aromatic nitrogens is 4. The molecule has 4 rings (SSSR count). The van der Waals surface area contributed by atoms with E-state index in [-0.39, 0.29) is 0 Å². The van der Waals surface area contributed by atoms with E-state index < -0.39 is 0 Å². The highest BCUT2D eigenvalue weighted by Gasteiger charge is 2.21. The first-order valence-corrected chi connectivity index (χ1v) is 6.38. The third-order valence-electron chi connectivity index (χ3n) is 3.61. The van der Waals surface area contributed by atoms with Crippen LogP contribution in [0.3, 0.4) is 0 Å². The molecule has 1 aliphatic carbocycles. The van der Waals surface area contributed by atoms with E-state index in [2.05, 4.69) is 44.8 Å². The topological polar surface area (TPSA) is 55.1 Å². The van der Waals surface area contributed by atoms with Crippen molar-refractivity contribution < 1.29 is 0 Å². The Hall–Kier alpha value is -2.43. The van der Waals surface area contributed by atoms with Crippen molar-refractivity contribution in [1.29, 1.82) is 0 Å². The molecule has 0 bridgehead atoms. The summed E-state index contributed by atoms with van der Waals surface area (Å²) in [5.41, 5.74) is 3.63. The zero-order chi connectivity index (χ0) is 12.7. The van der Waals surface area contributed by atoms with E-state index in [0.717, 1.165) is 24.3 Å². The largest absolute Gasteiger partial charge is 0.364 e. The average molecular weight is 251 g/mol. The summed E-state index contributed by atoms with van der Waals surface area (Å²) in [5, 5.41) is 11.5. The first-order valence-electron chi connectivity index (χ1n) is 6.38. The van der Waals surface area contributed by atoms with Crippen molar-refractivity contribution in [2.24, 2.45) is 0 Å². The van der Waals surface area contributed by atoms with Gasteiger partial charge in [-0.05, 0) is 24.0 Å². The van der Waals surface area contributed by atoms with Crippen LogP contribution in [0.2, 0.25) is 0 Å². The molecule has 0 unspecified atom stereocenters. The number of hydrogen-bond acceptors (Lipinski definition) is 4. The van der Waals surface area contributed by atoms with Crippen LogP contribution in [0.5, 0.6) is 0 Å². The monoisotopic (exact) mass is 251 g/mol. The maximum absolute atomic E-state index is 4.37. The fourth-order valence-corrected chi connectivity index (χ4v) is 2.71. The number of nitrogens with zero attached hydrogens (tertiary/aromatic N) is 4. The summed E-state index contributed by atoms with van der Waals surface area (Å²) in [6.45, 7) is 0. The Balaban J connectivity index is 1.62. The minimum atomic E-state index is 0.382. The van der Waals surface area contributed by atoms with Gasteiger partial charge in [-0.1, -0.05) is 24.3 Å². The maximum Gasteiger partial charge on any atom is 0.203 e. The lowest BCUT2D eigenvalue weighted by atomic mass is 10.1. The molecular formula is C14H13N5. The van der Waals surface area contributed by atoms with E-state index in [4.69, 9.17) is 0 Å². The first kappa shape index (κ1) is 10.5. The van der Waals surface area contributed by atoms with Gasteiger partial charge in [0.05, 0.1) is 0 Å². The standard InChI is InChI=1S/C14H13N5/c1-2-4-11-8-12(7-10(11)3-1)17-13-14-18-16-9-19(14)6-5-15-13/h1-6,9,12H,7-8H2,(H,15,17). The Morgan fingerprint density at radius 2 is 1.95 bits per heavy atom. The summed E-state index contributed by atoms with van der Waals surface area (Å²) in [7, 11) is 0. The summed E-state index contributed by atoms with van der Waals surface area (Å²) in [4.78, 5) is 4.37. The summed E-state index contributed by atoms with van der Waals surface area (Å²) in [6, 6.07) is 8.97. The lowest BCUT2D eigenvalue weighted by Crippen LogP contribution is -2.20. The molecule has 1 aromatic carbocycles. The molecule has 0 amide bonds. The van der Waals surface area contributed by atoms with Crippen LogP contribution in [-0.4, -0.2) is 25.6 Å². The van der Waals surface area contributed by atoms with E-state index >= 15 is 0 Å². The number of benzene rings is 1. The quantitative estimate of drug-likeness (QED) is 0.753. The maximum atomic E-state index is 4.37. The number of hydrogen-bond donors (Lipinski definition) is 1. The highest BCUT2D eigenvalue weighted by molar-refractivity contribution is 5.62. The van der Waals surface area contributed by atoms with E-state index in [0.29, 0.717) is 6.04 Å². The molecule has 3 aromatic rings. The number of nitrogens with one attached hydrogen (secondary N) is 1. The minimum Gasteiger partial charge on any atom is -0.364 e. The first-order chi connectivity index (χ1) is 9.40. The molecule has 0 fully saturated rings. The van der Waals surface area contributed by atoms with Gasteiger partial charge in [0.1, 0.15) is 6.33 Å². The van der Waals surface area contributed by atoms with Gasteiger partial charge in [-0.3, -0.25) is 4.40 Å². The number of rotatable bonds is 2. The lowest BCUT2D eigenvalue weighted by Gasteiger charge is -2.12. The zero-order valence-corrected chi connectivity index (χ0v) is 10.3. The number of anilines is 1. The van der Waals surface area contributed by atoms with Crippen LogP contribution >= 0.6 is 0 Å². The molecule has 0 spiro atoms. The van der Waals surface area contributed by atoms with Gasteiger partial charge >= 0.3 is 0 Å². The molecule has 0 atom stereocenters. The van der Waals surface area contributed by atoms with Crippen molar-refractivity contribution in [1.82, 2.24) is 19.6 Å². The van der Waals surface area contributed by atoms with Gasteiger partial charge in [-0.2, -0.15) is 0 Å². The summed E-state index contributed by atoms with van der Waals surface area (Å²) < 4.78 is 1.87. The molecule has 0 radical (unpaired) electrons. The Kier molecular flexibility index (Phi) is 2.24. The zero-order valence-electron chi connectivity index (χ0n) is 10.3. The normalized spacial score (nSPS) is 14.7. The van der Waals surface area contributed by atoms with Crippen LogP contribution in [0.15, 0.2) is 43.0 Å². The van der Waals surface area contributed by atoms with Crippen LogP contribution in [0, 0.1) is 0 Å². The highest BCUT2D eigenvalue weighted by Crippen LogP contribution is 2.24. The molecule has 1 N–H and O–H groups in total. The Labute approximate surface area is 110 Å². The van der Waals surface area contributed by atoms with Crippen LogP contribution in [0.4, 0.5) is 5.82 Å². The fraction of sp³-hybridized carbons (Fsp3) is 0.214. The van der Waals surface area contributed by atoms with Gasteiger partial charge in [0.2, 0.25) is 5.65 Å². The molecule has 94 valence electrons. The second-order valence-corrected chi connectivity index (χ2v) is 4.86. The van der Waals surface area contributed by atoms with E-state index in [1.165, 1.54) is 11.1 Å². The van der Waals surface area contributed by atoms with Crippen molar-refractivity contribution in [3.8, 4) is 0 Å². The van der Waals surface area contributed by atoms with E-state index in [1.54, 1.807) is 12.5 Å². The smallest absolute Gasteiger partial charge is 0.203 e. The van der Waals surface area contributed by atoms with Gasteiger partial charge in [0.25, 0.3) is 0 Å². The molecule has 5 nitrogen and oxygen atoms in total. The fourth-order valence-electron chi connectivity index (χ4n) is 2.71. The highest BCUT2D eigenvalue weighted by atomic mass is 15.2. The van der Waals surface area contributed by atoms with Gasteiger partial charge in [-0.25, -0.2) is 4.98 Å².